The fourth-order valence-corrected chi connectivity index (χ4v) is 4.05. The number of amides is 1. The maximum Gasteiger partial charge on any atom is 0.237 e. The van der Waals surface area contributed by atoms with Crippen molar-refractivity contribution >= 4 is 17.7 Å². The molecule has 3 nitrogen and oxygen atoms in total. The van der Waals surface area contributed by atoms with Crippen LogP contribution in [0, 0.1) is 0 Å². The molecule has 2 atom stereocenters. The zero-order valence-electron chi connectivity index (χ0n) is 11.5. The zero-order chi connectivity index (χ0) is 12.8. The molecule has 0 radical (unpaired) electrons. The molecule has 4 heteroatoms. The molecule has 0 aromatic carbocycles. The average molecular weight is 270 g/mol. The van der Waals surface area contributed by atoms with E-state index < -0.39 is 0 Å². The zero-order valence-corrected chi connectivity index (χ0v) is 12.3. The van der Waals surface area contributed by atoms with Gasteiger partial charge >= 0.3 is 0 Å². The van der Waals surface area contributed by atoms with Gasteiger partial charge in [0.2, 0.25) is 5.91 Å². The molecule has 0 spiro atoms. The monoisotopic (exact) mass is 270 g/mol. The third kappa shape index (κ3) is 4.16. The molecule has 0 aromatic rings. The van der Waals surface area contributed by atoms with E-state index in [1.54, 1.807) is 0 Å². The Hall–Kier alpha value is -0.220. The molecule has 2 unspecified atom stereocenters. The van der Waals surface area contributed by atoms with Crippen LogP contribution in [-0.4, -0.2) is 35.5 Å². The van der Waals surface area contributed by atoms with Crippen molar-refractivity contribution in [3.63, 3.8) is 0 Å². The molecule has 0 bridgehead atoms. The first-order valence-electron chi connectivity index (χ1n) is 7.35. The van der Waals surface area contributed by atoms with Gasteiger partial charge in [-0.1, -0.05) is 19.3 Å². The summed E-state index contributed by atoms with van der Waals surface area (Å²) in [5.74, 6) is 1.46. The number of hydrogen-bond donors (Lipinski definition) is 2. The second-order valence-electron chi connectivity index (χ2n) is 5.83. The Morgan fingerprint density at radius 2 is 2.17 bits per heavy atom. The Morgan fingerprint density at radius 3 is 2.94 bits per heavy atom. The number of nitrogens with one attached hydrogen (secondary N) is 2. The lowest BCUT2D eigenvalue weighted by Gasteiger charge is -2.26. The highest BCUT2D eigenvalue weighted by Gasteiger charge is 2.30. The predicted molar refractivity (Wildman–Crippen MR) is 78.0 cm³/mol. The lowest BCUT2D eigenvalue weighted by molar-refractivity contribution is -0.123. The van der Waals surface area contributed by atoms with Crippen molar-refractivity contribution in [1.82, 2.24) is 10.6 Å². The van der Waals surface area contributed by atoms with Crippen molar-refractivity contribution in [2.75, 3.05) is 18.8 Å². The molecular formula is C14H26N2OS. The van der Waals surface area contributed by atoms with Crippen molar-refractivity contribution < 1.29 is 4.79 Å². The topological polar surface area (TPSA) is 41.1 Å². The maximum atomic E-state index is 12.2. The van der Waals surface area contributed by atoms with Crippen LogP contribution >= 0.6 is 11.8 Å². The molecule has 2 fully saturated rings. The molecule has 1 amide bonds. The Labute approximate surface area is 115 Å². The van der Waals surface area contributed by atoms with Gasteiger partial charge < -0.3 is 10.6 Å². The van der Waals surface area contributed by atoms with Gasteiger partial charge in [-0.05, 0) is 44.9 Å². The molecule has 0 aliphatic carbocycles. The summed E-state index contributed by atoms with van der Waals surface area (Å²) < 4.78 is 0.275. The minimum Gasteiger partial charge on any atom is -0.353 e. The molecule has 2 rings (SSSR count). The quantitative estimate of drug-likeness (QED) is 0.827. The van der Waals surface area contributed by atoms with E-state index in [2.05, 4.69) is 17.6 Å². The van der Waals surface area contributed by atoms with E-state index in [4.69, 9.17) is 0 Å². The van der Waals surface area contributed by atoms with Crippen molar-refractivity contribution in [2.45, 2.75) is 62.7 Å². The number of thioether (sulfide) groups is 1. The van der Waals surface area contributed by atoms with Crippen molar-refractivity contribution in [2.24, 2.45) is 0 Å². The van der Waals surface area contributed by atoms with Crippen LogP contribution < -0.4 is 10.6 Å². The Morgan fingerprint density at radius 1 is 1.33 bits per heavy atom. The Balaban J connectivity index is 1.75. The van der Waals surface area contributed by atoms with Gasteiger partial charge in [0.1, 0.15) is 0 Å². The first-order chi connectivity index (χ1) is 8.70. The lowest BCUT2D eigenvalue weighted by Crippen LogP contribution is -2.48. The Kier molecular flexibility index (Phi) is 5.37. The van der Waals surface area contributed by atoms with Crippen LogP contribution in [0.25, 0.3) is 0 Å². The second-order valence-corrected chi connectivity index (χ2v) is 7.51. The van der Waals surface area contributed by atoms with Gasteiger partial charge in [0.05, 0.1) is 6.04 Å². The molecule has 104 valence electrons. The third-order valence-electron chi connectivity index (χ3n) is 4.06. The molecule has 2 aliphatic heterocycles. The normalized spacial score (nSPS) is 33.7. The summed E-state index contributed by atoms with van der Waals surface area (Å²) in [5, 5.41) is 6.55. The lowest BCUT2D eigenvalue weighted by atomic mass is 10.0. The van der Waals surface area contributed by atoms with E-state index in [0.717, 1.165) is 19.5 Å². The van der Waals surface area contributed by atoms with Gasteiger partial charge in [-0.25, -0.2) is 0 Å². The molecular weight excluding hydrogens is 244 g/mol. The van der Waals surface area contributed by atoms with Gasteiger partial charge in [0.25, 0.3) is 0 Å². The standard InChI is InChI=1S/C14H26N2OS/c1-14(8-6-10-18-14)11-16-13(17)12-7-4-2-3-5-9-15-12/h12,15H,2-11H2,1H3,(H,16,17). The molecule has 0 aromatic heterocycles. The average Bonchev–Trinajstić information content (AvgIpc) is 2.73. The van der Waals surface area contributed by atoms with Gasteiger partial charge in [0, 0.05) is 11.3 Å². The highest BCUT2D eigenvalue weighted by Crippen LogP contribution is 2.36. The van der Waals surface area contributed by atoms with Crippen LogP contribution in [0.15, 0.2) is 0 Å². The molecule has 0 saturated carbocycles. The molecule has 2 aliphatic rings. The first kappa shape index (κ1) is 14.2. The minimum absolute atomic E-state index is 0.0419. The molecule has 2 heterocycles. The fraction of sp³-hybridized carbons (Fsp3) is 0.929. The summed E-state index contributed by atoms with van der Waals surface area (Å²) >= 11 is 2.01. The summed E-state index contributed by atoms with van der Waals surface area (Å²) in [6, 6.07) is 0.0419. The highest BCUT2D eigenvalue weighted by atomic mass is 32.2. The largest absolute Gasteiger partial charge is 0.353 e. The van der Waals surface area contributed by atoms with Crippen LogP contribution in [0.2, 0.25) is 0 Å². The van der Waals surface area contributed by atoms with Crippen LogP contribution in [0.5, 0.6) is 0 Å². The smallest absolute Gasteiger partial charge is 0.237 e. The van der Waals surface area contributed by atoms with Gasteiger partial charge in [-0.15, -0.1) is 0 Å². The van der Waals surface area contributed by atoms with E-state index >= 15 is 0 Å². The molecule has 2 N–H and O–H groups in total. The van der Waals surface area contributed by atoms with Crippen LogP contribution in [-0.2, 0) is 4.79 Å². The summed E-state index contributed by atoms with van der Waals surface area (Å²) in [5.41, 5.74) is 0. The van der Waals surface area contributed by atoms with Crippen molar-refractivity contribution in [3.05, 3.63) is 0 Å². The maximum absolute atomic E-state index is 12.2. The van der Waals surface area contributed by atoms with E-state index in [0.29, 0.717) is 0 Å². The van der Waals surface area contributed by atoms with Gasteiger partial charge in [0.15, 0.2) is 0 Å². The summed E-state index contributed by atoms with van der Waals surface area (Å²) in [6.07, 6.45) is 8.48. The van der Waals surface area contributed by atoms with E-state index in [9.17, 15) is 4.79 Å². The highest BCUT2D eigenvalue weighted by molar-refractivity contribution is 8.00. The third-order valence-corrected chi connectivity index (χ3v) is 5.60. The van der Waals surface area contributed by atoms with Gasteiger partial charge in [-0.2, -0.15) is 11.8 Å². The SMILES string of the molecule is CC1(CNC(=O)C2CCCCCCN2)CCCS1. The van der Waals surface area contributed by atoms with Gasteiger partial charge in [-0.3, -0.25) is 4.79 Å². The Bertz CT molecular complexity index is 269. The molecule has 18 heavy (non-hydrogen) atoms. The fourth-order valence-electron chi connectivity index (χ4n) is 2.80. The number of carbonyl (C=O) groups is 1. The van der Waals surface area contributed by atoms with Crippen molar-refractivity contribution in [3.8, 4) is 0 Å². The second kappa shape index (κ2) is 6.80. The minimum atomic E-state index is 0.0419. The van der Waals surface area contributed by atoms with Crippen molar-refractivity contribution in [1.29, 1.82) is 0 Å². The summed E-state index contributed by atoms with van der Waals surface area (Å²) in [7, 11) is 0. The summed E-state index contributed by atoms with van der Waals surface area (Å²) in [6.45, 7) is 4.09. The van der Waals surface area contributed by atoms with Crippen LogP contribution in [0.1, 0.15) is 51.9 Å². The van der Waals surface area contributed by atoms with E-state index in [1.165, 1.54) is 44.3 Å². The van der Waals surface area contributed by atoms with Crippen LogP contribution in [0.4, 0.5) is 0 Å². The number of rotatable bonds is 3. The first-order valence-corrected chi connectivity index (χ1v) is 8.33. The van der Waals surface area contributed by atoms with Crippen LogP contribution in [0.3, 0.4) is 0 Å². The number of hydrogen-bond acceptors (Lipinski definition) is 3. The molecule has 2 saturated heterocycles. The summed E-state index contributed by atoms with van der Waals surface area (Å²) in [4.78, 5) is 12.2. The van der Waals surface area contributed by atoms with E-state index in [1.807, 2.05) is 11.8 Å². The predicted octanol–water partition coefficient (Wildman–Crippen LogP) is 2.31. The number of carbonyl (C=O) groups excluding carboxylic acids is 1. The van der Waals surface area contributed by atoms with E-state index in [-0.39, 0.29) is 16.7 Å².